The minimum absolute atomic E-state index is 0.499. The van der Waals surface area contributed by atoms with Crippen molar-refractivity contribution in [2.45, 2.75) is 32.7 Å². The molecule has 146 valence electrons. The van der Waals surface area contributed by atoms with Crippen LogP contribution in [0.5, 0.6) is 0 Å². The molecule has 6 heteroatoms. The van der Waals surface area contributed by atoms with Crippen molar-refractivity contribution in [2.75, 3.05) is 39.9 Å². The fraction of sp³-hybridized carbons (Fsp3) is 0.524. The molecule has 1 atom stereocenters. The number of morpholine rings is 1. The van der Waals surface area contributed by atoms with Gasteiger partial charge in [-0.1, -0.05) is 13.8 Å². The molecular formula is C21H31N5O. The maximum Gasteiger partial charge on any atom is 0.132 e. The summed E-state index contributed by atoms with van der Waals surface area (Å²) < 4.78 is 7.84. The largest absolute Gasteiger partial charge is 0.383 e. The quantitative estimate of drug-likeness (QED) is 0.603. The molecule has 3 rings (SSSR count). The van der Waals surface area contributed by atoms with Crippen molar-refractivity contribution in [1.29, 1.82) is 0 Å². The standard InChI is InChI=1S/C21H31N5O/c1-4-16(2)19-14-26(8-7-25-9-11-27-12-10-25)20-6-5-17(13-18(19)20)21(22)24-15-23-3/h5-6,13-16H,4,7-12H2,1-3H3,(H2,22,23,24). The number of aromatic nitrogens is 1. The number of hydrogen-bond acceptors (Lipinski definition) is 3. The minimum Gasteiger partial charge on any atom is -0.383 e. The van der Waals surface area contributed by atoms with E-state index in [2.05, 4.69) is 57.7 Å². The topological polar surface area (TPSA) is 68.1 Å². The molecule has 0 aliphatic carbocycles. The van der Waals surface area contributed by atoms with Gasteiger partial charge in [-0.3, -0.25) is 9.89 Å². The number of nitrogens with two attached hydrogens (primary N) is 1. The summed E-state index contributed by atoms with van der Waals surface area (Å²) in [6, 6.07) is 6.39. The second-order valence-electron chi connectivity index (χ2n) is 7.16. The van der Waals surface area contributed by atoms with Crippen molar-refractivity contribution in [1.82, 2.24) is 9.47 Å². The molecule has 1 aliphatic rings. The van der Waals surface area contributed by atoms with E-state index in [0.717, 1.165) is 51.4 Å². The predicted octanol–water partition coefficient (Wildman–Crippen LogP) is 2.85. The SMILES string of the molecule is CCC(C)c1cn(CCN2CCOCC2)c2ccc(C(N)=NC=NC)cc12. The molecule has 0 saturated carbocycles. The van der Waals surface area contributed by atoms with Crippen LogP contribution in [0.1, 0.15) is 37.3 Å². The van der Waals surface area contributed by atoms with Gasteiger partial charge in [0.15, 0.2) is 0 Å². The van der Waals surface area contributed by atoms with Crippen molar-refractivity contribution in [3.05, 3.63) is 35.5 Å². The van der Waals surface area contributed by atoms with Gasteiger partial charge >= 0.3 is 0 Å². The minimum atomic E-state index is 0.499. The third kappa shape index (κ3) is 4.57. The Bertz CT molecular complexity index is 817. The zero-order valence-corrected chi connectivity index (χ0v) is 16.7. The summed E-state index contributed by atoms with van der Waals surface area (Å²) >= 11 is 0. The lowest BCUT2D eigenvalue weighted by molar-refractivity contribution is 0.0365. The van der Waals surface area contributed by atoms with E-state index in [4.69, 9.17) is 10.5 Å². The van der Waals surface area contributed by atoms with Crippen LogP contribution in [-0.2, 0) is 11.3 Å². The molecule has 2 N–H and O–H groups in total. The molecular weight excluding hydrogens is 338 g/mol. The van der Waals surface area contributed by atoms with Crippen LogP contribution >= 0.6 is 0 Å². The number of aliphatic imine (C=N–C) groups is 2. The molecule has 0 bridgehead atoms. The zero-order chi connectivity index (χ0) is 19.2. The first-order valence-electron chi connectivity index (χ1n) is 9.81. The van der Waals surface area contributed by atoms with Gasteiger partial charge in [-0.15, -0.1) is 0 Å². The van der Waals surface area contributed by atoms with Crippen molar-refractivity contribution in [2.24, 2.45) is 15.7 Å². The van der Waals surface area contributed by atoms with E-state index in [9.17, 15) is 0 Å². The molecule has 0 spiro atoms. The van der Waals surface area contributed by atoms with Crippen molar-refractivity contribution >= 4 is 23.1 Å². The van der Waals surface area contributed by atoms with Gasteiger partial charge in [0.05, 0.1) is 13.2 Å². The van der Waals surface area contributed by atoms with Gasteiger partial charge in [-0.2, -0.15) is 0 Å². The van der Waals surface area contributed by atoms with Gasteiger partial charge < -0.3 is 15.0 Å². The van der Waals surface area contributed by atoms with Gasteiger partial charge in [0.2, 0.25) is 0 Å². The van der Waals surface area contributed by atoms with E-state index in [1.807, 2.05) is 0 Å². The Morgan fingerprint density at radius 2 is 2.07 bits per heavy atom. The van der Waals surface area contributed by atoms with Crippen LogP contribution in [0.3, 0.4) is 0 Å². The highest BCUT2D eigenvalue weighted by molar-refractivity contribution is 6.04. The highest BCUT2D eigenvalue weighted by Crippen LogP contribution is 2.30. The molecule has 1 aromatic heterocycles. The molecule has 1 saturated heterocycles. The van der Waals surface area contributed by atoms with E-state index < -0.39 is 0 Å². The highest BCUT2D eigenvalue weighted by atomic mass is 16.5. The smallest absolute Gasteiger partial charge is 0.132 e. The lowest BCUT2D eigenvalue weighted by Gasteiger charge is -2.26. The van der Waals surface area contributed by atoms with Crippen LogP contribution in [-0.4, -0.2) is 61.5 Å². The maximum atomic E-state index is 6.13. The van der Waals surface area contributed by atoms with E-state index in [1.54, 1.807) is 7.05 Å². The number of fused-ring (bicyclic) bond motifs is 1. The summed E-state index contributed by atoms with van der Waals surface area (Å²) in [5.74, 6) is 1.00. The summed E-state index contributed by atoms with van der Waals surface area (Å²) in [5.41, 5.74) is 9.72. The van der Waals surface area contributed by atoms with E-state index in [1.165, 1.54) is 22.8 Å². The van der Waals surface area contributed by atoms with Gasteiger partial charge in [0.25, 0.3) is 0 Å². The predicted molar refractivity (Wildman–Crippen MR) is 113 cm³/mol. The van der Waals surface area contributed by atoms with Gasteiger partial charge in [-0.05, 0) is 36.1 Å². The third-order valence-electron chi connectivity index (χ3n) is 5.42. The second kappa shape index (κ2) is 9.15. The Morgan fingerprint density at radius 1 is 1.30 bits per heavy atom. The number of nitrogens with zero attached hydrogens (tertiary/aromatic N) is 4. The molecule has 0 radical (unpaired) electrons. The molecule has 1 aromatic carbocycles. The van der Waals surface area contributed by atoms with Crippen LogP contribution in [0.15, 0.2) is 34.4 Å². The molecule has 0 amide bonds. The van der Waals surface area contributed by atoms with Gasteiger partial charge in [-0.25, -0.2) is 4.99 Å². The second-order valence-corrected chi connectivity index (χ2v) is 7.16. The first kappa shape index (κ1) is 19.6. The molecule has 1 fully saturated rings. The van der Waals surface area contributed by atoms with Crippen LogP contribution in [0.4, 0.5) is 0 Å². The van der Waals surface area contributed by atoms with Crippen LogP contribution in [0.2, 0.25) is 0 Å². The monoisotopic (exact) mass is 369 g/mol. The zero-order valence-electron chi connectivity index (χ0n) is 16.7. The summed E-state index contributed by atoms with van der Waals surface area (Å²) in [4.78, 5) is 10.6. The molecule has 2 heterocycles. The third-order valence-corrected chi connectivity index (χ3v) is 5.42. The van der Waals surface area contributed by atoms with Gasteiger partial charge in [0, 0.05) is 55.9 Å². The van der Waals surface area contributed by atoms with Crippen LogP contribution in [0.25, 0.3) is 10.9 Å². The number of amidine groups is 1. The Labute approximate surface area is 161 Å². The van der Waals surface area contributed by atoms with Crippen LogP contribution in [0, 0.1) is 0 Å². The number of ether oxygens (including phenoxy) is 1. The molecule has 2 aromatic rings. The van der Waals surface area contributed by atoms with E-state index in [0.29, 0.717) is 11.8 Å². The van der Waals surface area contributed by atoms with Crippen LogP contribution < -0.4 is 5.73 Å². The molecule has 1 unspecified atom stereocenters. The summed E-state index contributed by atoms with van der Waals surface area (Å²) in [5, 5.41) is 1.27. The van der Waals surface area contributed by atoms with Crippen molar-refractivity contribution < 1.29 is 4.74 Å². The molecule has 27 heavy (non-hydrogen) atoms. The normalized spacial score (nSPS) is 17.8. The average Bonchev–Trinajstić information content (AvgIpc) is 3.08. The Kier molecular flexibility index (Phi) is 6.63. The maximum absolute atomic E-state index is 6.13. The lowest BCUT2D eigenvalue weighted by Crippen LogP contribution is -2.38. The Balaban J connectivity index is 1.92. The fourth-order valence-electron chi connectivity index (χ4n) is 3.55. The van der Waals surface area contributed by atoms with Crippen molar-refractivity contribution in [3.8, 4) is 0 Å². The Hall–Kier alpha value is -2.18. The molecule has 1 aliphatic heterocycles. The van der Waals surface area contributed by atoms with Gasteiger partial charge in [0.1, 0.15) is 12.2 Å². The summed E-state index contributed by atoms with van der Waals surface area (Å²) in [6.07, 6.45) is 4.92. The Morgan fingerprint density at radius 3 is 2.78 bits per heavy atom. The lowest BCUT2D eigenvalue weighted by atomic mass is 9.97. The fourth-order valence-corrected chi connectivity index (χ4v) is 3.55. The average molecular weight is 370 g/mol. The molecule has 6 nitrogen and oxygen atoms in total. The van der Waals surface area contributed by atoms with E-state index in [-0.39, 0.29) is 0 Å². The van der Waals surface area contributed by atoms with Crippen molar-refractivity contribution in [3.63, 3.8) is 0 Å². The highest BCUT2D eigenvalue weighted by Gasteiger charge is 2.16. The first-order valence-corrected chi connectivity index (χ1v) is 9.81. The number of benzene rings is 1. The summed E-state index contributed by atoms with van der Waals surface area (Å²) in [7, 11) is 1.69. The number of hydrogen-bond donors (Lipinski definition) is 1. The summed E-state index contributed by atoms with van der Waals surface area (Å²) in [6.45, 7) is 10.3. The number of rotatable bonds is 7. The first-order chi connectivity index (χ1) is 13.1. The van der Waals surface area contributed by atoms with E-state index >= 15 is 0 Å².